The summed E-state index contributed by atoms with van der Waals surface area (Å²) >= 11 is 0. The molecule has 146 valence electrons. The van der Waals surface area contributed by atoms with E-state index in [9.17, 15) is 22.8 Å². The molecular weight excluding hydrogens is 372 g/mol. The Morgan fingerprint density at radius 3 is 2.70 bits per heavy atom. The number of hydrogen-bond donors (Lipinski definition) is 1. The molecule has 10 heteroatoms. The van der Waals surface area contributed by atoms with Gasteiger partial charge in [-0.2, -0.15) is 4.31 Å². The van der Waals surface area contributed by atoms with Crippen molar-refractivity contribution >= 4 is 27.6 Å². The maximum absolute atomic E-state index is 12.9. The number of Topliss-reactive ketones (excluding diaryl/α,β-unsaturated/α-hetero) is 1. The number of hydrogen-bond acceptors (Lipinski definition) is 6. The van der Waals surface area contributed by atoms with Gasteiger partial charge >= 0.3 is 0 Å². The second kappa shape index (κ2) is 7.35. The van der Waals surface area contributed by atoms with Crippen LogP contribution in [0.2, 0.25) is 0 Å². The van der Waals surface area contributed by atoms with Crippen molar-refractivity contribution in [3.8, 4) is 0 Å². The van der Waals surface area contributed by atoms with Crippen LogP contribution in [0.25, 0.3) is 0 Å². The Hall–Kier alpha value is -2.33. The fourth-order valence-corrected chi connectivity index (χ4v) is 5.38. The third-order valence-corrected chi connectivity index (χ3v) is 6.77. The molecule has 3 unspecified atom stereocenters. The molecule has 9 nitrogen and oxygen atoms in total. The second-order valence-electron chi connectivity index (χ2n) is 7.05. The number of amides is 2. The van der Waals surface area contributed by atoms with E-state index in [1.165, 1.54) is 17.2 Å². The lowest BCUT2D eigenvalue weighted by Gasteiger charge is -2.24. The number of nitrogens with two attached hydrogens (primary N) is 1. The van der Waals surface area contributed by atoms with Gasteiger partial charge in [0, 0.05) is 25.6 Å². The molecule has 2 amide bonds. The summed E-state index contributed by atoms with van der Waals surface area (Å²) in [5.41, 5.74) is 5.15. The highest BCUT2D eigenvalue weighted by Gasteiger charge is 2.53. The summed E-state index contributed by atoms with van der Waals surface area (Å²) in [6.07, 6.45) is 1.94. The molecule has 0 radical (unpaired) electrons. The molecule has 1 aromatic heterocycles. The van der Waals surface area contributed by atoms with Gasteiger partial charge in [-0.15, -0.1) is 0 Å². The van der Waals surface area contributed by atoms with E-state index in [4.69, 9.17) is 5.73 Å². The number of fused-ring (bicyclic) bond motifs is 1. The monoisotopic (exact) mass is 394 g/mol. The van der Waals surface area contributed by atoms with Crippen molar-refractivity contribution < 1.29 is 22.8 Å². The summed E-state index contributed by atoms with van der Waals surface area (Å²) in [6, 6.07) is 3.20. The van der Waals surface area contributed by atoms with Gasteiger partial charge in [-0.05, 0) is 24.5 Å². The first-order valence-corrected chi connectivity index (χ1v) is 10.2. The largest absolute Gasteiger partial charge is 0.370 e. The SMILES string of the molecule is CC(CC(N)=O)CC(=O)N1CCC2C1C(=O)CN2S(=O)(=O)c1ccccn1. The highest BCUT2D eigenvalue weighted by atomic mass is 32.2. The van der Waals surface area contributed by atoms with Crippen LogP contribution in [0.4, 0.5) is 0 Å². The van der Waals surface area contributed by atoms with E-state index >= 15 is 0 Å². The summed E-state index contributed by atoms with van der Waals surface area (Å²) in [7, 11) is -3.91. The summed E-state index contributed by atoms with van der Waals surface area (Å²) in [6.45, 7) is 1.77. The van der Waals surface area contributed by atoms with Crippen LogP contribution >= 0.6 is 0 Å². The van der Waals surface area contributed by atoms with E-state index in [2.05, 4.69) is 4.98 Å². The quantitative estimate of drug-likeness (QED) is 0.694. The molecule has 3 atom stereocenters. The molecule has 0 aromatic carbocycles. The van der Waals surface area contributed by atoms with Crippen LogP contribution in [0.3, 0.4) is 0 Å². The van der Waals surface area contributed by atoms with Gasteiger partial charge in [-0.25, -0.2) is 13.4 Å². The first-order valence-electron chi connectivity index (χ1n) is 8.75. The Morgan fingerprint density at radius 2 is 2.07 bits per heavy atom. The molecule has 2 aliphatic rings. The maximum atomic E-state index is 12.9. The molecule has 0 saturated carbocycles. The topological polar surface area (TPSA) is 131 Å². The number of carbonyl (C=O) groups is 3. The van der Waals surface area contributed by atoms with Crippen LogP contribution in [0.15, 0.2) is 29.4 Å². The van der Waals surface area contributed by atoms with E-state index in [1.54, 1.807) is 19.1 Å². The number of pyridine rings is 1. The van der Waals surface area contributed by atoms with Crippen molar-refractivity contribution in [2.24, 2.45) is 11.7 Å². The fraction of sp³-hybridized carbons (Fsp3) is 0.529. The van der Waals surface area contributed by atoms with Gasteiger partial charge in [0.15, 0.2) is 10.8 Å². The molecule has 2 saturated heterocycles. The normalized spacial score (nSPS) is 24.0. The molecule has 2 fully saturated rings. The Kier molecular flexibility index (Phi) is 5.29. The summed E-state index contributed by atoms with van der Waals surface area (Å²) < 4.78 is 26.9. The van der Waals surface area contributed by atoms with Crippen molar-refractivity contribution in [3.63, 3.8) is 0 Å². The molecular formula is C17H22N4O5S. The van der Waals surface area contributed by atoms with Gasteiger partial charge in [0.25, 0.3) is 10.0 Å². The maximum Gasteiger partial charge on any atom is 0.261 e. The van der Waals surface area contributed by atoms with Crippen molar-refractivity contribution in [2.45, 2.75) is 43.3 Å². The first-order chi connectivity index (χ1) is 12.7. The lowest BCUT2D eigenvalue weighted by molar-refractivity contribution is -0.137. The Morgan fingerprint density at radius 1 is 1.33 bits per heavy atom. The number of nitrogens with zero attached hydrogens (tertiary/aromatic N) is 3. The number of primary amides is 1. The van der Waals surface area contributed by atoms with Crippen LogP contribution < -0.4 is 5.73 Å². The molecule has 3 heterocycles. The van der Waals surface area contributed by atoms with Gasteiger partial charge < -0.3 is 10.6 Å². The fourth-order valence-electron chi connectivity index (χ4n) is 3.82. The molecule has 2 aliphatic heterocycles. The predicted molar refractivity (Wildman–Crippen MR) is 94.6 cm³/mol. The molecule has 1 aromatic rings. The molecule has 0 spiro atoms. The van der Waals surface area contributed by atoms with Gasteiger partial charge in [0.1, 0.15) is 6.04 Å². The van der Waals surface area contributed by atoms with E-state index in [1.807, 2.05) is 0 Å². The Labute approximate surface area is 157 Å². The van der Waals surface area contributed by atoms with Crippen molar-refractivity contribution in [2.75, 3.05) is 13.1 Å². The van der Waals surface area contributed by atoms with Crippen molar-refractivity contribution in [1.82, 2.24) is 14.2 Å². The van der Waals surface area contributed by atoms with Crippen LogP contribution in [-0.4, -0.2) is 65.4 Å². The minimum atomic E-state index is -3.91. The van der Waals surface area contributed by atoms with Gasteiger partial charge in [-0.1, -0.05) is 13.0 Å². The van der Waals surface area contributed by atoms with Crippen LogP contribution in [0.1, 0.15) is 26.2 Å². The summed E-state index contributed by atoms with van der Waals surface area (Å²) in [4.78, 5) is 41.5. The molecule has 0 aliphatic carbocycles. The van der Waals surface area contributed by atoms with Crippen LogP contribution in [0.5, 0.6) is 0 Å². The van der Waals surface area contributed by atoms with Crippen LogP contribution in [0, 0.1) is 5.92 Å². The van der Waals surface area contributed by atoms with E-state index in [0.29, 0.717) is 13.0 Å². The van der Waals surface area contributed by atoms with Gasteiger partial charge in [-0.3, -0.25) is 14.4 Å². The van der Waals surface area contributed by atoms with E-state index in [0.717, 1.165) is 4.31 Å². The third-order valence-electron chi connectivity index (χ3n) is 4.98. The standard InChI is InChI=1S/C17H22N4O5S/c1-11(8-14(18)23)9-16(24)20-7-5-12-17(20)13(22)10-21(12)27(25,26)15-4-2-3-6-19-15/h2-4,6,11-12,17H,5,7-10H2,1H3,(H2,18,23). The van der Waals surface area contributed by atoms with Gasteiger partial charge in [0.05, 0.1) is 12.6 Å². The number of sulfonamides is 1. The number of ketones is 1. The highest BCUT2D eigenvalue weighted by molar-refractivity contribution is 7.89. The summed E-state index contributed by atoms with van der Waals surface area (Å²) in [5, 5.41) is -0.113. The van der Waals surface area contributed by atoms with Crippen molar-refractivity contribution in [3.05, 3.63) is 24.4 Å². The zero-order chi connectivity index (χ0) is 19.8. The zero-order valence-electron chi connectivity index (χ0n) is 14.9. The lowest BCUT2D eigenvalue weighted by Crippen LogP contribution is -2.44. The lowest BCUT2D eigenvalue weighted by atomic mass is 10.0. The molecule has 2 N–H and O–H groups in total. The van der Waals surface area contributed by atoms with E-state index < -0.39 is 28.0 Å². The number of carbonyl (C=O) groups excluding carboxylic acids is 3. The molecule has 27 heavy (non-hydrogen) atoms. The molecule has 3 rings (SSSR count). The Bertz CT molecular complexity index is 857. The third kappa shape index (κ3) is 3.72. The van der Waals surface area contributed by atoms with Gasteiger partial charge in [0.2, 0.25) is 11.8 Å². The summed E-state index contributed by atoms with van der Waals surface area (Å²) in [5.74, 6) is -1.28. The second-order valence-corrected chi connectivity index (χ2v) is 8.89. The average molecular weight is 394 g/mol. The molecule has 0 bridgehead atoms. The van der Waals surface area contributed by atoms with Crippen LogP contribution in [-0.2, 0) is 24.4 Å². The minimum absolute atomic E-state index is 0.0851. The Balaban J connectivity index is 1.77. The zero-order valence-corrected chi connectivity index (χ0v) is 15.8. The van der Waals surface area contributed by atoms with E-state index in [-0.39, 0.29) is 42.0 Å². The average Bonchev–Trinajstić information content (AvgIpc) is 3.16. The smallest absolute Gasteiger partial charge is 0.261 e. The first kappa shape index (κ1) is 19.4. The highest BCUT2D eigenvalue weighted by Crippen LogP contribution is 2.34. The number of aromatic nitrogens is 1. The predicted octanol–water partition coefficient (Wildman–Crippen LogP) is -0.474. The number of rotatable bonds is 6. The number of likely N-dealkylation sites (tertiary alicyclic amines) is 1. The van der Waals surface area contributed by atoms with Crippen molar-refractivity contribution in [1.29, 1.82) is 0 Å². The minimum Gasteiger partial charge on any atom is -0.370 e.